The Kier molecular flexibility index (Phi) is 5.41. The maximum absolute atomic E-state index is 12.3. The van der Waals surface area contributed by atoms with E-state index in [0.717, 1.165) is 4.31 Å². The van der Waals surface area contributed by atoms with Crippen molar-refractivity contribution < 1.29 is 17.6 Å². The lowest BCUT2D eigenvalue weighted by atomic mass is 10.2. The van der Waals surface area contributed by atoms with Crippen LogP contribution in [0, 0.1) is 0 Å². The van der Waals surface area contributed by atoms with Crippen LogP contribution < -0.4 is 10.6 Å². The molecule has 1 aromatic heterocycles. The molecule has 124 valence electrons. The van der Waals surface area contributed by atoms with Crippen LogP contribution in [0.1, 0.15) is 11.3 Å². The highest BCUT2D eigenvalue weighted by Gasteiger charge is 2.20. The highest BCUT2D eigenvalue weighted by molar-refractivity contribution is 7.89. The van der Waals surface area contributed by atoms with E-state index >= 15 is 0 Å². The molecule has 0 unspecified atom stereocenters. The third kappa shape index (κ3) is 4.33. The molecule has 0 aliphatic rings. The maximum atomic E-state index is 12.3. The lowest BCUT2D eigenvalue weighted by Crippen LogP contribution is -2.35. The van der Waals surface area contributed by atoms with Crippen LogP contribution in [-0.4, -0.2) is 32.8 Å². The normalized spacial score (nSPS) is 11.4. The molecule has 1 aromatic carbocycles. The van der Waals surface area contributed by atoms with Gasteiger partial charge in [-0.25, -0.2) is 17.5 Å². The van der Waals surface area contributed by atoms with Gasteiger partial charge in [0.05, 0.1) is 17.7 Å². The number of hydrogen-bond donors (Lipinski definition) is 2. The highest BCUT2D eigenvalue weighted by Crippen LogP contribution is 2.18. The van der Waals surface area contributed by atoms with Crippen molar-refractivity contribution in [2.45, 2.75) is 18.0 Å². The molecule has 0 bridgehead atoms. The Bertz CT molecular complexity index is 755. The van der Waals surface area contributed by atoms with E-state index in [0.29, 0.717) is 11.3 Å². The second-order valence-corrected chi connectivity index (χ2v) is 7.13. The summed E-state index contributed by atoms with van der Waals surface area (Å²) in [4.78, 5) is 12.0. The Morgan fingerprint density at radius 1 is 1.09 bits per heavy atom. The lowest BCUT2D eigenvalue weighted by molar-refractivity contribution is 0.239. The van der Waals surface area contributed by atoms with E-state index in [1.165, 1.54) is 26.4 Å². The number of carbonyl (C=O) groups is 1. The molecular weight excluding hydrogens is 318 g/mol. The number of rotatable bonds is 6. The standard InChI is InChI=1S/C15H19N3O4S/c1-18(2)23(20,21)14-8-4-3-6-12(14)10-16-15(19)17-11-13-7-5-9-22-13/h3-9H,10-11H2,1-2H3,(H2,16,17,19). The third-order valence-corrected chi connectivity index (χ3v) is 5.09. The van der Waals surface area contributed by atoms with Gasteiger partial charge in [0.2, 0.25) is 10.0 Å². The summed E-state index contributed by atoms with van der Waals surface area (Å²) in [6.07, 6.45) is 1.53. The number of furan rings is 1. The summed E-state index contributed by atoms with van der Waals surface area (Å²) >= 11 is 0. The summed E-state index contributed by atoms with van der Waals surface area (Å²) in [6.45, 7) is 0.365. The summed E-state index contributed by atoms with van der Waals surface area (Å²) < 4.78 is 30.8. The quantitative estimate of drug-likeness (QED) is 0.836. The maximum Gasteiger partial charge on any atom is 0.315 e. The number of nitrogens with one attached hydrogen (secondary N) is 2. The van der Waals surface area contributed by atoms with E-state index in [1.807, 2.05) is 0 Å². The molecule has 0 radical (unpaired) electrons. The van der Waals surface area contributed by atoms with Crippen molar-refractivity contribution >= 4 is 16.1 Å². The van der Waals surface area contributed by atoms with E-state index in [4.69, 9.17) is 4.42 Å². The van der Waals surface area contributed by atoms with Crippen LogP contribution in [0.5, 0.6) is 0 Å². The number of amides is 2. The molecule has 0 saturated carbocycles. The minimum atomic E-state index is -3.56. The summed E-state index contributed by atoms with van der Waals surface area (Å²) in [7, 11) is -0.621. The molecule has 0 fully saturated rings. The number of hydrogen-bond acceptors (Lipinski definition) is 4. The molecule has 23 heavy (non-hydrogen) atoms. The van der Waals surface area contributed by atoms with Gasteiger partial charge < -0.3 is 15.1 Å². The molecule has 0 saturated heterocycles. The fourth-order valence-corrected chi connectivity index (χ4v) is 3.03. The van der Waals surface area contributed by atoms with Crippen molar-refractivity contribution in [3.8, 4) is 0 Å². The van der Waals surface area contributed by atoms with E-state index < -0.39 is 16.1 Å². The van der Waals surface area contributed by atoms with Crippen LogP contribution in [0.4, 0.5) is 4.79 Å². The van der Waals surface area contributed by atoms with Gasteiger partial charge in [-0.15, -0.1) is 0 Å². The largest absolute Gasteiger partial charge is 0.467 e. The minimum absolute atomic E-state index is 0.104. The molecule has 7 nitrogen and oxygen atoms in total. The lowest BCUT2D eigenvalue weighted by Gasteiger charge is -2.15. The smallest absolute Gasteiger partial charge is 0.315 e. The number of sulfonamides is 1. The van der Waals surface area contributed by atoms with Gasteiger partial charge in [-0.2, -0.15) is 0 Å². The number of benzene rings is 1. The van der Waals surface area contributed by atoms with Crippen LogP contribution in [0.3, 0.4) is 0 Å². The zero-order chi connectivity index (χ0) is 16.9. The first-order chi connectivity index (χ1) is 10.9. The van der Waals surface area contributed by atoms with Crippen molar-refractivity contribution in [2.75, 3.05) is 14.1 Å². The molecule has 2 aromatic rings. The molecule has 2 amide bonds. The van der Waals surface area contributed by atoms with E-state index in [1.54, 1.807) is 30.3 Å². The molecule has 0 atom stereocenters. The predicted octanol–water partition coefficient (Wildman–Crippen LogP) is 1.53. The van der Waals surface area contributed by atoms with Gasteiger partial charge in [0, 0.05) is 20.6 Å². The van der Waals surface area contributed by atoms with Crippen LogP contribution >= 0.6 is 0 Å². The molecule has 0 aliphatic carbocycles. The van der Waals surface area contributed by atoms with Crippen molar-refractivity contribution in [2.24, 2.45) is 0 Å². The summed E-state index contributed by atoms with van der Waals surface area (Å²) in [6, 6.07) is 9.65. The molecule has 1 heterocycles. The van der Waals surface area contributed by atoms with Gasteiger partial charge >= 0.3 is 6.03 Å². The van der Waals surface area contributed by atoms with E-state index in [2.05, 4.69) is 10.6 Å². The second-order valence-electron chi connectivity index (χ2n) is 5.01. The number of urea groups is 1. The Labute approximate surface area is 135 Å². The average Bonchev–Trinajstić information content (AvgIpc) is 3.04. The van der Waals surface area contributed by atoms with Gasteiger partial charge in [0.1, 0.15) is 5.76 Å². The first kappa shape index (κ1) is 17.0. The molecular formula is C15H19N3O4S. The van der Waals surface area contributed by atoms with Gasteiger partial charge in [0.25, 0.3) is 0 Å². The second kappa shape index (κ2) is 7.30. The molecule has 8 heteroatoms. The van der Waals surface area contributed by atoms with Crippen LogP contribution in [0.2, 0.25) is 0 Å². The Hall–Kier alpha value is -2.32. The first-order valence-electron chi connectivity index (χ1n) is 6.96. The van der Waals surface area contributed by atoms with Crippen molar-refractivity contribution in [1.29, 1.82) is 0 Å². The number of nitrogens with zero attached hydrogens (tertiary/aromatic N) is 1. The zero-order valence-corrected chi connectivity index (χ0v) is 13.8. The predicted molar refractivity (Wildman–Crippen MR) is 85.1 cm³/mol. The SMILES string of the molecule is CN(C)S(=O)(=O)c1ccccc1CNC(=O)NCc1ccco1. The Balaban J connectivity index is 1.99. The molecule has 0 spiro atoms. The van der Waals surface area contributed by atoms with Gasteiger partial charge in [-0.3, -0.25) is 0 Å². The number of carbonyl (C=O) groups excluding carboxylic acids is 1. The van der Waals surface area contributed by atoms with Crippen LogP contribution in [0.25, 0.3) is 0 Å². The summed E-state index contributed by atoms with van der Waals surface area (Å²) in [5.74, 6) is 0.635. The van der Waals surface area contributed by atoms with Gasteiger partial charge in [0.15, 0.2) is 0 Å². The van der Waals surface area contributed by atoms with Gasteiger partial charge in [-0.1, -0.05) is 18.2 Å². The molecule has 2 N–H and O–H groups in total. The van der Waals surface area contributed by atoms with Crippen molar-refractivity contribution in [3.63, 3.8) is 0 Å². The minimum Gasteiger partial charge on any atom is -0.467 e. The Morgan fingerprint density at radius 3 is 2.43 bits per heavy atom. The van der Waals surface area contributed by atoms with Crippen LogP contribution in [0.15, 0.2) is 52.0 Å². The van der Waals surface area contributed by atoms with Crippen molar-refractivity contribution in [1.82, 2.24) is 14.9 Å². The van der Waals surface area contributed by atoms with E-state index in [-0.39, 0.29) is 18.0 Å². The fraction of sp³-hybridized carbons (Fsp3) is 0.267. The summed E-state index contributed by atoms with van der Waals surface area (Å²) in [5.41, 5.74) is 0.523. The topological polar surface area (TPSA) is 91.7 Å². The highest BCUT2D eigenvalue weighted by atomic mass is 32.2. The van der Waals surface area contributed by atoms with Gasteiger partial charge in [-0.05, 0) is 23.8 Å². The molecule has 0 aliphatic heterocycles. The average molecular weight is 337 g/mol. The van der Waals surface area contributed by atoms with E-state index in [9.17, 15) is 13.2 Å². The zero-order valence-electron chi connectivity index (χ0n) is 12.9. The fourth-order valence-electron chi connectivity index (χ4n) is 1.92. The van der Waals surface area contributed by atoms with Crippen molar-refractivity contribution in [3.05, 3.63) is 54.0 Å². The summed E-state index contributed by atoms with van der Waals surface area (Å²) in [5, 5.41) is 5.27. The van der Waals surface area contributed by atoms with Crippen LogP contribution in [-0.2, 0) is 23.1 Å². The third-order valence-electron chi connectivity index (χ3n) is 3.17. The Morgan fingerprint density at radius 2 is 1.78 bits per heavy atom. The monoisotopic (exact) mass is 337 g/mol. The molecule has 2 rings (SSSR count). The first-order valence-corrected chi connectivity index (χ1v) is 8.40.